The lowest BCUT2D eigenvalue weighted by Crippen LogP contribution is -2.38. The first-order chi connectivity index (χ1) is 9.95. The number of hydrogen-bond acceptors (Lipinski definition) is 2. The van der Waals surface area contributed by atoms with Gasteiger partial charge in [-0.05, 0) is 49.5 Å². The Labute approximate surface area is 121 Å². The normalized spacial score (nSPS) is 19.3. The molecule has 1 saturated heterocycles. The largest absolute Gasteiger partial charge is 0.416 e. The molecule has 1 amide bonds. The van der Waals surface area contributed by atoms with Gasteiger partial charge in [0.2, 0.25) is 5.91 Å². The molecule has 0 aliphatic carbocycles. The van der Waals surface area contributed by atoms with E-state index in [4.69, 9.17) is 0 Å². The van der Waals surface area contributed by atoms with E-state index in [1.165, 1.54) is 12.1 Å². The lowest BCUT2D eigenvalue weighted by atomic mass is 9.99. The van der Waals surface area contributed by atoms with E-state index in [1.807, 2.05) is 0 Å². The van der Waals surface area contributed by atoms with Crippen LogP contribution in [0.2, 0.25) is 0 Å². The van der Waals surface area contributed by atoms with Crippen LogP contribution in [0.3, 0.4) is 0 Å². The van der Waals surface area contributed by atoms with Crippen molar-refractivity contribution in [2.75, 3.05) is 19.6 Å². The zero-order valence-electron chi connectivity index (χ0n) is 11.7. The van der Waals surface area contributed by atoms with Crippen molar-refractivity contribution >= 4 is 5.91 Å². The Morgan fingerprint density at radius 3 is 2.57 bits per heavy atom. The molecule has 0 aromatic heterocycles. The van der Waals surface area contributed by atoms with E-state index in [-0.39, 0.29) is 12.3 Å². The second kappa shape index (κ2) is 6.93. The first-order valence-corrected chi connectivity index (χ1v) is 7.08. The van der Waals surface area contributed by atoms with Gasteiger partial charge in [0.15, 0.2) is 0 Å². The third-order valence-electron chi connectivity index (χ3n) is 3.63. The molecule has 1 heterocycles. The Balaban J connectivity index is 1.79. The fourth-order valence-electron chi connectivity index (χ4n) is 2.42. The molecule has 3 nitrogen and oxygen atoms in total. The zero-order chi connectivity index (χ0) is 15.3. The Morgan fingerprint density at radius 1 is 1.29 bits per heavy atom. The predicted octanol–water partition coefficient (Wildman–Crippen LogP) is 2.36. The van der Waals surface area contributed by atoms with E-state index in [1.54, 1.807) is 0 Å². The van der Waals surface area contributed by atoms with Gasteiger partial charge in [0, 0.05) is 6.54 Å². The van der Waals surface area contributed by atoms with Crippen LogP contribution in [0.4, 0.5) is 13.2 Å². The van der Waals surface area contributed by atoms with Crippen molar-refractivity contribution in [3.05, 3.63) is 35.4 Å². The second-order valence-corrected chi connectivity index (χ2v) is 5.39. The Kier molecular flexibility index (Phi) is 5.22. The standard InChI is InChI=1S/C15H19F3N2O/c16-15(17,18)13-5-3-11(4-6-13)8-14(21)20-10-12-2-1-7-19-9-12/h3-6,12,19H,1-2,7-10H2,(H,20,21). The number of amides is 1. The van der Waals surface area contributed by atoms with Gasteiger partial charge in [0.1, 0.15) is 0 Å². The number of nitrogens with one attached hydrogen (secondary N) is 2. The molecule has 1 aromatic rings. The van der Waals surface area contributed by atoms with Gasteiger partial charge >= 0.3 is 6.18 Å². The van der Waals surface area contributed by atoms with Gasteiger partial charge in [-0.25, -0.2) is 0 Å². The van der Waals surface area contributed by atoms with Crippen LogP contribution in [0.25, 0.3) is 0 Å². The highest BCUT2D eigenvalue weighted by molar-refractivity contribution is 5.78. The molecule has 1 fully saturated rings. The summed E-state index contributed by atoms with van der Waals surface area (Å²) >= 11 is 0. The van der Waals surface area contributed by atoms with Crippen LogP contribution in [-0.2, 0) is 17.4 Å². The second-order valence-electron chi connectivity index (χ2n) is 5.39. The molecule has 0 saturated carbocycles. The molecule has 21 heavy (non-hydrogen) atoms. The summed E-state index contributed by atoms with van der Waals surface area (Å²) in [6.07, 6.45) is -2.03. The lowest BCUT2D eigenvalue weighted by molar-refractivity contribution is -0.137. The minimum atomic E-state index is -4.34. The molecule has 0 bridgehead atoms. The van der Waals surface area contributed by atoms with Crippen molar-refractivity contribution in [3.8, 4) is 0 Å². The van der Waals surface area contributed by atoms with E-state index < -0.39 is 11.7 Å². The highest BCUT2D eigenvalue weighted by Gasteiger charge is 2.29. The smallest absolute Gasteiger partial charge is 0.355 e. The Bertz CT molecular complexity index is 465. The third-order valence-corrected chi connectivity index (χ3v) is 3.63. The van der Waals surface area contributed by atoms with Crippen molar-refractivity contribution in [2.24, 2.45) is 5.92 Å². The maximum absolute atomic E-state index is 12.4. The number of piperidine rings is 1. The molecule has 1 aromatic carbocycles. The van der Waals surface area contributed by atoms with Crippen LogP contribution in [0.1, 0.15) is 24.0 Å². The monoisotopic (exact) mass is 300 g/mol. The molecule has 1 aliphatic heterocycles. The van der Waals surface area contributed by atoms with Gasteiger partial charge in [-0.1, -0.05) is 12.1 Å². The fraction of sp³-hybridized carbons (Fsp3) is 0.533. The first kappa shape index (κ1) is 15.8. The molecule has 116 valence electrons. The minimum absolute atomic E-state index is 0.109. The van der Waals surface area contributed by atoms with E-state index >= 15 is 0 Å². The number of carbonyl (C=O) groups is 1. The third kappa shape index (κ3) is 5.04. The predicted molar refractivity (Wildman–Crippen MR) is 73.8 cm³/mol. The number of hydrogen-bond donors (Lipinski definition) is 2. The summed E-state index contributed by atoms with van der Waals surface area (Å²) in [6, 6.07) is 4.72. The Morgan fingerprint density at radius 2 is 2.00 bits per heavy atom. The highest BCUT2D eigenvalue weighted by Crippen LogP contribution is 2.29. The van der Waals surface area contributed by atoms with Crippen LogP contribution < -0.4 is 10.6 Å². The molecule has 0 radical (unpaired) electrons. The van der Waals surface area contributed by atoms with Crippen LogP contribution >= 0.6 is 0 Å². The summed E-state index contributed by atoms with van der Waals surface area (Å²) in [7, 11) is 0. The topological polar surface area (TPSA) is 41.1 Å². The molecule has 1 atom stereocenters. The van der Waals surface area contributed by atoms with Gasteiger partial charge in [-0.2, -0.15) is 13.2 Å². The summed E-state index contributed by atoms with van der Waals surface area (Å²) in [4.78, 5) is 11.8. The summed E-state index contributed by atoms with van der Waals surface area (Å²) in [6.45, 7) is 2.54. The maximum atomic E-state index is 12.4. The lowest BCUT2D eigenvalue weighted by Gasteiger charge is -2.22. The van der Waals surface area contributed by atoms with Crippen molar-refractivity contribution < 1.29 is 18.0 Å². The first-order valence-electron chi connectivity index (χ1n) is 7.08. The highest BCUT2D eigenvalue weighted by atomic mass is 19.4. The van der Waals surface area contributed by atoms with Gasteiger partial charge in [0.05, 0.1) is 12.0 Å². The van der Waals surface area contributed by atoms with Gasteiger partial charge in [-0.3, -0.25) is 4.79 Å². The Hall–Kier alpha value is -1.56. The molecule has 1 unspecified atom stereocenters. The number of rotatable bonds is 4. The maximum Gasteiger partial charge on any atom is 0.416 e. The molecule has 2 rings (SSSR count). The van der Waals surface area contributed by atoms with Crippen molar-refractivity contribution in [1.82, 2.24) is 10.6 Å². The summed E-state index contributed by atoms with van der Waals surface area (Å²) < 4.78 is 37.3. The zero-order valence-corrected chi connectivity index (χ0v) is 11.7. The molecule has 1 aliphatic rings. The van der Waals surface area contributed by atoms with E-state index in [9.17, 15) is 18.0 Å². The van der Waals surface area contributed by atoms with E-state index in [2.05, 4.69) is 10.6 Å². The quantitative estimate of drug-likeness (QED) is 0.896. The van der Waals surface area contributed by atoms with Crippen molar-refractivity contribution in [1.29, 1.82) is 0 Å². The molecular formula is C15H19F3N2O. The van der Waals surface area contributed by atoms with E-state index in [0.717, 1.165) is 38.1 Å². The molecule has 0 spiro atoms. The van der Waals surface area contributed by atoms with Crippen LogP contribution in [-0.4, -0.2) is 25.5 Å². The number of halogens is 3. The fourth-order valence-corrected chi connectivity index (χ4v) is 2.42. The van der Waals surface area contributed by atoms with Gasteiger partial charge in [-0.15, -0.1) is 0 Å². The van der Waals surface area contributed by atoms with Gasteiger partial charge < -0.3 is 10.6 Å². The molecule has 6 heteroatoms. The van der Waals surface area contributed by atoms with Crippen molar-refractivity contribution in [2.45, 2.75) is 25.4 Å². The van der Waals surface area contributed by atoms with E-state index in [0.29, 0.717) is 18.0 Å². The number of alkyl halides is 3. The summed E-state index contributed by atoms with van der Waals surface area (Å²) in [5, 5.41) is 6.12. The average molecular weight is 300 g/mol. The van der Waals surface area contributed by atoms with Crippen molar-refractivity contribution in [3.63, 3.8) is 0 Å². The number of benzene rings is 1. The SMILES string of the molecule is O=C(Cc1ccc(C(F)(F)F)cc1)NCC1CCCNC1. The summed E-state index contributed by atoms with van der Waals surface area (Å²) in [5.41, 5.74) is -0.109. The average Bonchev–Trinajstić information content (AvgIpc) is 2.46. The van der Waals surface area contributed by atoms with Crippen LogP contribution in [0.5, 0.6) is 0 Å². The van der Waals surface area contributed by atoms with Gasteiger partial charge in [0.25, 0.3) is 0 Å². The minimum Gasteiger partial charge on any atom is -0.355 e. The molecular weight excluding hydrogens is 281 g/mol. The van der Waals surface area contributed by atoms with Crippen LogP contribution in [0, 0.1) is 5.92 Å². The summed E-state index contributed by atoms with van der Waals surface area (Å²) in [5.74, 6) is 0.288. The number of carbonyl (C=O) groups excluding carboxylic acids is 1. The molecule has 2 N–H and O–H groups in total. The van der Waals surface area contributed by atoms with Crippen LogP contribution in [0.15, 0.2) is 24.3 Å².